The van der Waals surface area contributed by atoms with Gasteiger partial charge in [-0.25, -0.2) is 13.2 Å². The minimum Gasteiger partial charge on any atom is -0.377 e. The van der Waals surface area contributed by atoms with E-state index in [2.05, 4.69) is 10.0 Å². The van der Waals surface area contributed by atoms with Crippen molar-refractivity contribution in [3.8, 4) is 0 Å². The van der Waals surface area contributed by atoms with Crippen LogP contribution in [-0.4, -0.2) is 51.8 Å². The maximum Gasteiger partial charge on any atom is 0.317 e. The molecule has 1 rings (SSSR count). The van der Waals surface area contributed by atoms with Gasteiger partial charge in [0, 0.05) is 44.6 Å². The van der Waals surface area contributed by atoms with Crippen LogP contribution in [0.3, 0.4) is 0 Å². The van der Waals surface area contributed by atoms with Gasteiger partial charge >= 0.3 is 6.03 Å². The fourth-order valence-electron chi connectivity index (χ4n) is 2.80. The lowest BCUT2D eigenvalue weighted by Gasteiger charge is -2.30. The molecule has 0 saturated carbocycles. The number of carbonyl (C=O) groups is 1. The Hall–Kier alpha value is -1.96. The number of rotatable bonds is 10. The van der Waals surface area contributed by atoms with Gasteiger partial charge in [-0.2, -0.15) is 0 Å². The zero-order valence-electron chi connectivity index (χ0n) is 17.4. The number of nitrogens with one attached hydrogen (secondary N) is 2. The average molecular weight is 399 g/mol. The number of hydrogen-bond donors (Lipinski definition) is 2. The Bertz CT molecular complexity index is 720. The Balaban J connectivity index is 3.24. The quantitative estimate of drug-likeness (QED) is 0.634. The first-order valence-electron chi connectivity index (χ1n) is 9.50. The third kappa shape index (κ3) is 6.93. The third-order valence-electron chi connectivity index (χ3n) is 4.36. The Kier molecular flexibility index (Phi) is 8.88. The molecular weight excluding hydrogens is 364 g/mol. The van der Waals surface area contributed by atoms with Crippen molar-refractivity contribution in [3.05, 3.63) is 23.8 Å². The summed E-state index contributed by atoms with van der Waals surface area (Å²) in [5.41, 5.74) is 2.36. The monoisotopic (exact) mass is 398 g/mol. The molecule has 0 bridgehead atoms. The predicted octanol–water partition coefficient (Wildman–Crippen LogP) is 3.23. The highest BCUT2D eigenvalue weighted by atomic mass is 32.2. The molecule has 0 aliphatic heterocycles. The van der Waals surface area contributed by atoms with Gasteiger partial charge in [0.05, 0.1) is 5.75 Å². The molecule has 0 unspecified atom stereocenters. The summed E-state index contributed by atoms with van der Waals surface area (Å²) >= 11 is 0. The first kappa shape index (κ1) is 23.1. The maximum absolute atomic E-state index is 12.5. The minimum absolute atomic E-state index is 0.0620. The summed E-state index contributed by atoms with van der Waals surface area (Å²) in [5, 5.41) is 2.86. The average Bonchev–Trinajstić information content (AvgIpc) is 2.58. The molecule has 0 spiro atoms. The summed E-state index contributed by atoms with van der Waals surface area (Å²) in [6.45, 7) is 8.73. The normalized spacial score (nSPS) is 12.4. The zero-order valence-corrected chi connectivity index (χ0v) is 18.2. The molecular formula is C19H34N4O3S. The van der Waals surface area contributed by atoms with Crippen LogP contribution in [-0.2, 0) is 16.6 Å². The maximum atomic E-state index is 12.5. The molecule has 0 radical (unpaired) electrons. The summed E-state index contributed by atoms with van der Waals surface area (Å²) in [4.78, 5) is 16.3. The number of nitrogens with zero attached hydrogens (tertiary/aromatic N) is 2. The van der Waals surface area contributed by atoms with E-state index < -0.39 is 10.0 Å². The Morgan fingerprint density at radius 3 is 2.37 bits per heavy atom. The van der Waals surface area contributed by atoms with E-state index >= 15 is 0 Å². The lowest BCUT2D eigenvalue weighted by molar-refractivity contribution is 0.174. The molecule has 0 heterocycles. The van der Waals surface area contributed by atoms with Crippen LogP contribution in [0.4, 0.5) is 16.2 Å². The molecule has 0 fully saturated rings. The van der Waals surface area contributed by atoms with Crippen LogP contribution in [0.15, 0.2) is 18.2 Å². The van der Waals surface area contributed by atoms with Crippen LogP contribution < -0.4 is 14.9 Å². The summed E-state index contributed by atoms with van der Waals surface area (Å²) in [5.74, 6) is 0.0790. The van der Waals surface area contributed by atoms with Gasteiger partial charge in [0.15, 0.2) is 0 Å². The SMILES string of the molecule is CCCS(=O)(=O)Nc1ccc(N(C)C)c(CN(C(=O)NCC)[C@@H](C)CC)c1. The van der Waals surface area contributed by atoms with Crippen molar-refractivity contribution >= 4 is 27.4 Å². The predicted molar refractivity (Wildman–Crippen MR) is 113 cm³/mol. The highest BCUT2D eigenvalue weighted by Crippen LogP contribution is 2.26. The number of benzene rings is 1. The van der Waals surface area contributed by atoms with Gasteiger partial charge in [-0.1, -0.05) is 13.8 Å². The second kappa shape index (κ2) is 10.4. The van der Waals surface area contributed by atoms with Crippen LogP contribution in [0.25, 0.3) is 0 Å². The van der Waals surface area contributed by atoms with Gasteiger partial charge in [-0.3, -0.25) is 4.72 Å². The second-order valence-corrected chi connectivity index (χ2v) is 8.72. The van der Waals surface area contributed by atoms with E-state index in [0.29, 0.717) is 25.2 Å². The van der Waals surface area contributed by atoms with E-state index in [0.717, 1.165) is 17.7 Å². The van der Waals surface area contributed by atoms with E-state index in [1.54, 1.807) is 11.0 Å². The molecule has 0 aliphatic carbocycles. The van der Waals surface area contributed by atoms with Gasteiger partial charge in [-0.05, 0) is 50.5 Å². The van der Waals surface area contributed by atoms with Gasteiger partial charge in [-0.15, -0.1) is 0 Å². The fraction of sp³-hybridized carbons (Fsp3) is 0.632. The van der Waals surface area contributed by atoms with Gasteiger partial charge in [0.2, 0.25) is 10.0 Å². The zero-order chi connectivity index (χ0) is 20.6. The molecule has 0 aliphatic rings. The number of amides is 2. The van der Waals surface area contributed by atoms with Crippen molar-refractivity contribution in [3.63, 3.8) is 0 Å². The Morgan fingerprint density at radius 2 is 1.85 bits per heavy atom. The molecule has 154 valence electrons. The fourth-order valence-corrected chi connectivity index (χ4v) is 3.92. The van der Waals surface area contributed by atoms with Gasteiger partial charge in [0.1, 0.15) is 0 Å². The molecule has 0 aromatic heterocycles. The van der Waals surface area contributed by atoms with E-state index in [-0.39, 0.29) is 17.8 Å². The standard InChI is InChI=1S/C19H34N4O3S/c1-7-12-27(25,26)21-17-10-11-18(22(5)6)16(13-17)14-23(15(4)8-2)19(24)20-9-3/h10-11,13,15,21H,7-9,12,14H2,1-6H3,(H,20,24)/t15-/m0/s1. The van der Waals surface area contributed by atoms with Crippen LogP contribution in [0.2, 0.25) is 0 Å². The summed E-state index contributed by atoms with van der Waals surface area (Å²) in [6, 6.07) is 5.40. The van der Waals surface area contributed by atoms with Gasteiger partial charge < -0.3 is 15.1 Å². The molecule has 1 aromatic rings. The number of sulfonamides is 1. The number of urea groups is 1. The van der Waals surface area contributed by atoms with Gasteiger partial charge in [0.25, 0.3) is 0 Å². The molecule has 0 saturated heterocycles. The van der Waals surface area contributed by atoms with Crippen LogP contribution in [0.1, 0.15) is 46.1 Å². The van der Waals surface area contributed by atoms with E-state index in [1.807, 2.05) is 58.8 Å². The second-order valence-electron chi connectivity index (χ2n) is 6.88. The van der Waals surface area contributed by atoms with Crippen LogP contribution in [0.5, 0.6) is 0 Å². The van der Waals surface area contributed by atoms with E-state index in [4.69, 9.17) is 0 Å². The van der Waals surface area contributed by atoms with Crippen molar-refractivity contribution in [1.29, 1.82) is 0 Å². The molecule has 2 N–H and O–H groups in total. The Labute approximate surface area is 164 Å². The van der Waals surface area contributed by atoms with Crippen molar-refractivity contribution in [1.82, 2.24) is 10.2 Å². The molecule has 1 atom stereocenters. The largest absolute Gasteiger partial charge is 0.377 e. The van der Waals surface area contributed by atoms with Crippen molar-refractivity contribution in [2.75, 3.05) is 36.0 Å². The molecule has 8 heteroatoms. The highest BCUT2D eigenvalue weighted by molar-refractivity contribution is 7.92. The summed E-state index contributed by atoms with van der Waals surface area (Å²) in [6.07, 6.45) is 1.38. The smallest absolute Gasteiger partial charge is 0.317 e. The summed E-state index contributed by atoms with van der Waals surface area (Å²) < 4.78 is 26.8. The lowest BCUT2D eigenvalue weighted by Crippen LogP contribution is -2.44. The highest BCUT2D eigenvalue weighted by Gasteiger charge is 2.21. The molecule has 7 nitrogen and oxygen atoms in total. The van der Waals surface area contributed by atoms with E-state index in [1.165, 1.54) is 0 Å². The molecule has 27 heavy (non-hydrogen) atoms. The Morgan fingerprint density at radius 1 is 1.19 bits per heavy atom. The lowest BCUT2D eigenvalue weighted by atomic mass is 10.1. The van der Waals surface area contributed by atoms with Crippen molar-refractivity contribution < 1.29 is 13.2 Å². The van der Waals surface area contributed by atoms with Crippen molar-refractivity contribution in [2.24, 2.45) is 0 Å². The van der Waals surface area contributed by atoms with Crippen molar-refractivity contribution in [2.45, 2.75) is 53.1 Å². The first-order chi connectivity index (χ1) is 12.6. The summed E-state index contributed by atoms with van der Waals surface area (Å²) in [7, 11) is 0.495. The van der Waals surface area contributed by atoms with Crippen LogP contribution in [0, 0.1) is 0 Å². The minimum atomic E-state index is -3.37. The number of carbonyl (C=O) groups excluding carboxylic acids is 1. The molecule has 2 amide bonds. The van der Waals surface area contributed by atoms with Crippen LogP contribution >= 0.6 is 0 Å². The first-order valence-corrected chi connectivity index (χ1v) is 11.2. The third-order valence-corrected chi connectivity index (χ3v) is 5.85. The number of anilines is 2. The van der Waals surface area contributed by atoms with E-state index in [9.17, 15) is 13.2 Å². The molecule has 1 aromatic carbocycles. The number of hydrogen-bond acceptors (Lipinski definition) is 4. The topological polar surface area (TPSA) is 81.8 Å².